The van der Waals surface area contributed by atoms with E-state index in [1.165, 1.54) is 0 Å². The molecule has 100 valence electrons. The van der Waals surface area contributed by atoms with Gasteiger partial charge in [0.1, 0.15) is 0 Å². The van der Waals surface area contributed by atoms with E-state index < -0.39 is 0 Å². The normalized spacial score (nSPS) is 32.3. The molecule has 2 unspecified atom stereocenters. The van der Waals surface area contributed by atoms with Crippen LogP contribution in [0.4, 0.5) is 0 Å². The Balaban J connectivity index is 2.00. The quantitative estimate of drug-likeness (QED) is 0.812. The lowest BCUT2D eigenvalue weighted by atomic mass is 9.73. The molecule has 2 aliphatic rings. The molecule has 2 fully saturated rings. The summed E-state index contributed by atoms with van der Waals surface area (Å²) in [5, 5.41) is 0. The summed E-state index contributed by atoms with van der Waals surface area (Å²) in [7, 11) is 1.72. The number of hydrogen-bond acceptors (Lipinski definition) is 4. The molecule has 0 aromatic heterocycles. The first-order valence-electron chi connectivity index (χ1n) is 6.58. The molecular weight excluding hydrogens is 218 g/mol. The third-order valence-corrected chi connectivity index (χ3v) is 4.28. The molecule has 1 spiro atoms. The zero-order chi connectivity index (χ0) is 12.4. The second-order valence-corrected chi connectivity index (χ2v) is 5.77. The van der Waals surface area contributed by atoms with Crippen LogP contribution in [0.2, 0.25) is 0 Å². The summed E-state index contributed by atoms with van der Waals surface area (Å²) in [6, 6.07) is 0. The monoisotopic (exact) mass is 243 g/mol. The van der Waals surface area contributed by atoms with Gasteiger partial charge in [0.15, 0.2) is 0 Å². The SMILES string of the molecule is COCC(C)(N)C1CCOC2(CCOCC2)C1. The maximum absolute atomic E-state index is 6.38. The van der Waals surface area contributed by atoms with Gasteiger partial charge in [-0.1, -0.05) is 0 Å². The Bertz CT molecular complexity index is 244. The molecule has 2 saturated heterocycles. The van der Waals surface area contributed by atoms with Gasteiger partial charge >= 0.3 is 0 Å². The molecule has 0 amide bonds. The lowest BCUT2D eigenvalue weighted by Crippen LogP contribution is -2.55. The van der Waals surface area contributed by atoms with Crippen LogP contribution in [0.1, 0.15) is 32.6 Å². The van der Waals surface area contributed by atoms with Crippen LogP contribution < -0.4 is 5.73 Å². The van der Waals surface area contributed by atoms with Crippen LogP contribution >= 0.6 is 0 Å². The van der Waals surface area contributed by atoms with E-state index in [2.05, 4.69) is 6.92 Å². The molecule has 4 heteroatoms. The second kappa shape index (κ2) is 5.22. The van der Waals surface area contributed by atoms with Crippen LogP contribution in [0.15, 0.2) is 0 Å². The van der Waals surface area contributed by atoms with Crippen LogP contribution in [0.5, 0.6) is 0 Å². The maximum atomic E-state index is 6.38. The molecule has 0 aromatic rings. The first-order valence-corrected chi connectivity index (χ1v) is 6.58. The first kappa shape index (κ1) is 13.3. The molecule has 2 aliphatic heterocycles. The van der Waals surface area contributed by atoms with Gasteiger partial charge in [0.05, 0.1) is 12.2 Å². The molecular formula is C13H25NO3. The van der Waals surface area contributed by atoms with Gasteiger partial charge in [-0.3, -0.25) is 0 Å². The van der Waals surface area contributed by atoms with Gasteiger partial charge in [-0.15, -0.1) is 0 Å². The van der Waals surface area contributed by atoms with Crippen molar-refractivity contribution in [2.45, 2.75) is 43.7 Å². The zero-order valence-electron chi connectivity index (χ0n) is 11.0. The van der Waals surface area contributed by atoms with Crippen LogP contribution in [-0.2, 0) is 14.2 Å². The highest BCUT2D eigenvalue weighted by Crippen LogP contribution is 2.40. The fourth-order valence-corrected chi connectivity index (χ4v) is 3.11. The summed E-state index contributed by atoms with van der Waals surface area (Å²) >= 11 is 0. The molecule has 0 saturated carbocycles. The van der Waals surface area contributed by atoms with Crippen LogP contribution in [0.3, 0.4) is 0 Å². The molecule has 2 heterocycles. The van der Waals surface area contributed by atoms with Crippen molar-refractivity contribution in [3.63, 3.8) is 0 Å². The van der Waals surface area contributed by atoms with E-state index in [-0.39, 0.29) is 11.1 Å². The van der Waals surface area contributed by atoms with Crippen molar-refractivity contribution in [3.05, 3.63) is 0 Å². The van der Waals surface area contributed by atoms with Crippen molar-refractivity contribution in [2.75, 3.05) is 33.5 Å². The van der Waals surface area contributed by atoms with Gasteiger partial charge in [0, 0.05) is 32.5 Å². The van der Waals surface area contributed by atoms with Crippen LogP contribution in [-0.4, -0.2) is 44.7 Å². The van der Waals surface area contributed by atoms with E-state index in [4.69, 9.17) is 19.9 Å². The molecule has 4 nitrogen and oxygen atoms in total. The van der Waals surface area contributed by atoms with Gasteiger partial charge in [-0.25, -0.2) is 0 Å². The van der Waals surface area contributed by atoms with Gasteiger partial charge in [0.25, 0.3) is 0 Å². The van der Waals surface area contributed by atoms with Crippen LogP contribution in [0, 0.1) is 5.92 Å². The van der Waals surface area contributed by atoms with Crippen molar-refractivity contribution >= 4 is 0 Å². The molecule has 0 bridgehead atoms. The molecule has 0 aliphatic carbocycles. The van der Waals surface area contributed by atoms with E-state index in [0.717, 1.165) is 45.5 Å². The highest BCUT2D eigenvalue weighted by molar-refractivity contribution is 4.97. The van der Waals surface area contributed by atoms with Crippen LogP contribution in [0.25, 0.3) is 0 Å². The fourth-order valence-electron chi connectivity index (χ4n) is 3.11. The summed E-state index contributed by atoms with van der Waals surface area (Å²) in [5.74, 6) is 0.481. The van der Waals surface area contributed by atoms with E-state index in [9.17, 15) is 0 Å². The van der Waals surface area contributed by atoms with Crippen molar-refractivity contribution < 1.29 is 14.2 Å². The third-order valence-electron chi connectivity index (χ3n) is 4.28. The number of rotatable bonds is 3. The van der Waals surface area contributed by atoms with Crippen molar-refractivity contribution in [1.29, 1.82) is 0 Å². The Kier molecular flexibility index (Phi) is 4.08. The highest BCUT2D eigenvalue weighted by Gasteiger charge is 2.43. The lowest BCUT2D eigenvalue weighted by Gasteiger charge is -2.47. The molecule has 2 N–H and O–H groups in total. The summed E-state index contributed by atoms with van der Waals surface area (Å²) in [4.78, 5) is 0. The Morgan fingerprint density at radius 1 is 1.35 bits per heavy atom. The third kappa shape index (κ3) is 2.99. The van der Waals surface area contributed by atoms with Gasteiger partial charge < -0.3 is 19.9 Å². The minimum absolute atomic E-state index is 0.0234. The van der Waals surface area contributed by atoms with Crippen molar-refractivity contribution in [1.82, 2.24) is 0 Å². The topological polar surface area (TPSA) is 53.7 Å². The van der Waals surface area contributed by atoms with Gasteiger partial charge in [-0.2, -0.15) is 0 Å². The minimum atomic E-state index is -0.246. The Morgan fingerprint density at radius 2 is 2.06 bits per heavy atom. The average molecular weight is 243 g/mol. The number of methoxy groups -OCH3 is 1. The molecule has 0 radical (unpaired) electrons. The Morgan fingerprint density at radius 3 is 2.71 bits per heavy atom. The fraction of sp³-hybridized carbons (Fsp3) is 1.00. The standard InChI is InChI=1S/C13H25NO3/c1-12(14,10-15-2)11-3-6-17-13(9-11)4-7-16-8-5-13/h11H,3-10,14H2,1-2H3. The Labute approximate surface area is 104 Å². The van der Waals surface area contributed by atoms with E-state index >= 15 is 0 Å². The predicted molar refractivity (Wildman–Crippen MR) is 65.9 cm³/mol. The molecule has 2 rings (SSSR count). The predicted octanol–water partition coefficient (Wildman–Crippen LogP) is 1.33. The molecule has 2 atom stereocenters. The zero-order valence-corrected chi connectivity index (χ0v) is 11.0. The lowest BCUT2D eigenvalue weighted by molar-refractivity contribution is -0.156. The highest BCUT2D eigenvalue weighted by atomic mass is 16.5. The summed E-state index contributed by atoms with van der Waals surface area (Å²) in [5.41, 5.74) is 6.16. The minimum Gasteiger partial charge on any atom is -0.383 e. The summed E-state index contributed by atoms with van der Waals surface area (Å²) < 4.78 is 16.7. The smallest absolute Gasteiger partial charge is 0.0729 e. The molecule has 0 aromatic carbocycles. The van der Waals surface area contributed by atoms with Gasteiger partial charge in [-0.05, 0) is 38.5 Å². The van der Waals surface area contributed by atoms with E-state index in [1.807, 2.05) is 0 Å². The number of ether oxygens (including phenoxy) is 3. The largest absolute Gasteiger partial charge is 0.383 e. The molecule has 17 heavy (non-hydrogen) atoms. The maximum Gasteiger partial charge on any atom is 0.0729 e. The van der Waals surface area contributed by atoms with E-state index in [0.29, 0.717) is 12.5 Å². The average Bonchev–Trinajstić information content (AvgIpc) is 2.30. The summed E-state index contributed by atoms with van der Waals surface area (Å²) in [6.45, 7) is 5.17. The van der Waals surface area contributed by atoms with E-state index in [1.54, 1.807) is 7.11 Å². The van der Waals surface area contributed by atoms with Gasteiger partial charge in [0.2, 0.25) is 0 Å². The Hall–Kier alpha value is -0.160. The second-order valence-electron chi connectivity index (χ2n) is 5.77. The number of hydrogen-bond donors (Lipinski definition) is 1. The first-order chi connectivity index (χ1) is 8.08. The van der Waals surface area contributed by atoms with Crippen molar-refractivity contribution in [2.24, 2.45) is 11.7 Å². The summed E-state index contributed by atoms with van der Waals surface area (Å²) in [6.07, 6.45) is 4.10. The van der Waals surface area contributed by atoms with Crippen molar-refractivity contribution in [3.8, 4) is 0 Å². The number of nitrogens with two attached hydrogens (primary N) is 1.